The SMILES string of the molecule is Cn1cnc(S(=O)(=O)N2C3CCC2C(C(=O)O)C3)c1. The van der Waals surface area contributed by atoms with E-state index in [9.17, 15) is 13.2 Å². The van der Waals surface area contributed by atoms with Gasteiger partial charge in [-0.3, -0.25) is 4.79 Å². The van der Waals surface area contributed by atoms with Crippen LogP contribution in [0.1, 0.15) is 19.3 Å². The minimum Gasteiger partial charge on any atom is -0.481 e. The molecule has 104 valence electrons. The third kappa shape index (κ3) is 1.78. The first kappa shape index (κ1) is 12.6. The van der Waals surface area contributed by atoms with Gasteiger partial charge in [0.05, 0.1) is 12.2 Å². The number of carboxylic acids is 1. The number of sulfonamides is 1. The molecule has 0 spiro atoms. The molecule has 0 amide bonds. The van der Waals surface area contributed by atoms with Crippen molar-refractivity contribution in [3.8, 4) is 0 Å². The Balaban J connectivity index is 1.97. The summed E-state index contributed by atoms with van der Waals surface area (Å²) >= 11 is 0. The Bertz CT molecular complexity index is 624. The van der Waals surface area contributed by atoms with Crippen LogP contribution in [0.4, 0.5) is 0 Å². The Hall–Kier alpha value is -1.41. The first-order valence-corrected chi connectivity index (χ1v) is 7.59. The number of aryl methyl sites for hydroxylation is 1. The summed E-state index contributed by atoms with van der Waals surface area (Å²) < 4.78 is 28.0. The number of nitrogens with zero attached hydrogens (tertiary/aromatic N) is 3. The molecular formula is C11H15N3O4S. The highest BCUT2D eigenvalue weighted by Crippen LogP contribution is 2.44. The zero-order chi connectivity index (χ0) is 13.8. The van der Waals surface area contributed by atoms with Gasteiger partial charge in [-0.1, -0.05) is 0 Å². The number of aromatic nitrogens is 2. The molecule has 2 fully saturated rings. The topological polar surface area (TPSA) is 92.5 Å². The maximum atomic E-state index is 12.5. The van der Waals surface area contributed by atoms with Crippen molar-refractivity contribution < 1.29 is 18.3 Å². The lowest BCUT2D eigenvalue weighted by atomic mass is 9.89. The molecule has 3 rings (SSSR count). The molecule has 0 aromatic carbocycles. The van der Waals surface area contributed by atoms with Gasteiger partial charge < -0.3 is 9.67 Å². The summed E-state index contributed by atoms with van der Waals surface area (Å²) in [6, 6.07) is -0.618. The normalized spacial score (nSPS) is 30.9. The van der Waals surface area contributed by atoms with Crippen LogP contribution in [0.2, 0.25) is 0 Å². The fraction of sp³-hybridized carbons (Fsp3) is 0.636. The van der Waals surface area contributed by atoms with Crippen LogP contribution < -0.4 is 0 Å². The molecule has 19 heavy (non-hydrogen) atoms. The number of imidazole rings is 1. The average Bonchev–Trinajstić information content (AvgIpc) is 3.01. The molecule has 1 aromatic heterocycles. The van der Waals surface area contributed by atoms with E-state index in [1.165, 1.54) is 16.8 Å². The van der Waals surface area contributed by atoms with Crippen molar-refractivity contribution in [2.75, 3.05) is 0 Å². The van der Waals surface area contributed by atoms with E-state index >= 15 is 0 Å². The second-order valence-electron chi connectivity index (χ2n) is 5.19. The minimum absolute atomic E-state index is 0.00191. The van der Waals surface area contributed by atoms with Gasteiger partial charge in [0.15, 0.2) is 5.03 Å². The summed E-state index contributed by atoms with van der Waals surface area (Å²) in [6.45, 7) is 0. The van der Waals surface area contributed by atoms with Crippen LogP contribution in [0.15, 0.2) is 17.6 Å². The summed E-state index contributed by atoms with van der Waals surface area (Å²) in [4.78, 5) is 15.0. The first-order valence-electron chi connectivity index (χ1n) is 6.15. The van der Waals surface area contributed by atoms with Crippen LogP contribution in [0.3, 0.4) is 0 Å². The van der Waals surface area contributed by atoms with Crippen LogP contribution in [0.5, 0.6) is 0 Å². The van der Waals surface area contributed by atoms with Gasteiger partial charge in [-0.15, -0.1) is 0 Å². The summed E-state index contributed by atoms with van der Waals surface area (Å²) in [5, 5.41) is 9.15. The Morgan fingerprint density at radius 3 is 2.74 bits per heavy atom. The predicted molar refractivity (Wildman–Crippen MR) is 64.8 cm³/mol. The lowest BCUT2D eigenvalue weighted by Gasteiger charge is -2.21. The Morgan fingerprint density at radius 1 is 1.47 bits per heavy atom. The van der Waals surface area contributed by atoms with E-state index in [2.05, 4.69) is 4.98 Å². The van der Waals surface area contributed by atoms with Crippen LogP contribution in [-0.2, 0) is 21.9 Å². The third-order valence-electron chi connectivity index (χ3n) is 4.01. The monoisotopic (exact) mass is 285 g/mol. The average molecular weight is 285 g/mol. The van der Waals surface area contributed by atoms with Crippen molar-refractivity contribution in [3.63, 3.8) is 0 Å². The number of fused-ring (bicyclic) bond motifs is 2. The van der Waals surface area contributed by atoms with Crippen molar-refractivity contribution in [2.24, 2.45) is 13.0 Å². The third-order valence-corrected chi connectivity index (χ3v) is 5.88. The molecule has 8 heteroatoms. The zero-order valence-corrected chi connectivity index (χ0v) is 11.2. The van der Waals surface area contributed by atoms with E-state index in [-0.39, 0.29) is 11.1 Å². The molecule has 2 aliphatic rings. The van der Waals surface area contributed by atoms with E-state index in [4.69, 9.17) is 5.11 Å². The lowest BCUT2D eigenvalue weighted by Crippen LogP contribution is -2.38. The molecular weight excluding hydrogens is 270 g/mol. The molecule has 0 aliphatic carbocycles. The lowest BCUT2D eigenvalue weighted by molar-refractivity contribution is -0.142. The van der Waals surface area contributed by atoms with Gasteiger partial charge in [0.1, 0.15) is 0 Å². The highest BCUT2D eigenvalue weighted by molar-refractivity contribution is 7.89. The number of carbonyl (C=O) groups is 1. The van der Waals surface area contributed by atoms with E-state index in [1.54, 1.807) is 11.6 Å². The predicted octanol–water partition coefficient (Wildman–Crippen LogP) is 0.0463. The first-order chi connectivity index (χ1) is 8.91. The molecule has 0 saturated carbocycles. The summed E-state index contributed by atoms with van der Waals surface area (Å²) in [6.07, 6.45) is 4.64. The van der Waals surface area contributed by atoms with Gasteiger partial charge in [0.25, 0.3) is 10.0 Å². The highest BCUT2D eigenvalue weighted by atomic mass is 32.2. The Labute approximate surface area is 110 Å². The molecule has 2 saturated heterocycles. The molecule has 3 heterocycles. The molecule has 1 N–H and O–H groups in total. The zero-order valence-electron chi connectivity index (χ0n) is 10.4. The second-order valence-corrected chi connectivity index (χ2v) is 6.98. The number of hydrogen-bond acceptors (Lipinski definition) is 4. The maximum absolute atomic E-state index is 12.5. The summed E-state index contributed by atoms with van der Waals surface area (Å²) in [5.74, 6) is -1.49. The molecule has 3 unspecified atom stereocenters. The van der Waals surface area contributed by atoms with Crippen molar-refractivity contribution in [1.82, 2.24) is 13.9 Å². The van der Waals surface area contributed by atoms with Crippen molar-refractivity contribution in [2.45, 2.75) is 36.4 Å². The maximum Gasteiger partial charge on any atom is 0.308 e. The molecule has 2 bridgehead atoms. The molecule has 7 nitrogen and oxygen atoms in total. The number of hydrogen-bond donors (Lipinski definition) is 1. The van der Waals surface area contributed by atoms with E-state index in [0.29, 0.717) is 12.8 Å². The second kappa shape index (κ2) is 4.04. The Kier molecular flexibility index (Phi) is 2.68. The number of rotatable bonds is 3. The van der Waals surface area contributed by atoms with Crippen molar-refractivity contribution >= 4 is 16.0 Å². The highest BCUT2D eigenvalue weighted by Gasteiger charge is 2.54. The van der Waals surface area contributed by atoms with E-state index < -0.39 is 28.0 Å². The summed E-state index contributed by atoms with van der Waals surface area (Å²) in [5.41, 5.74) is 0. The molecule has 3 atom stereocenters. The molecule has 0 radical (unpaired) electrons. The van der Waals surface area contributed by atoms with E-state index in [1.807, 2.05) is 0 Å². The molecule has 2 aliphatic heterocycles. The molecule has 1 aromatic rings. The van der Waals surface area contributed by atoms with Gasteiger partial charge in [-0.05, 0) is 19.3 Å². The standard InChI is InChI=1S/C11H15N3O4S/c1-13-5-10(12-6-13)19(17,18)14-7-2-3-9(14)8(4-7)11(15)16/h5-9H,2-4H2,1H3,(H,15,16). The number of aliphatic carboxylic acids is 1. The van der Waals surface area contributed by atoms with Crippen LogP contribution >= 0.6 is 0 Å². The van der Waals surface area contributed by atoms with Gasteiger partial charge in [-0.25, -0.2) is 13.4 Å². The van der Waals surface area contributed by atoms with Crippen LogP contribution in [0, 0.1) is 5.92 Å². The van der Waals surface area contributed by atoms with Gasteiger partial charge in [-0.2, -0.15) is 4.31 Å². The van der Waals surface area contributed by atoms with Crippen molar-refractivity contribution in [3.05, 3.63) is 12.5 Å². The smallest absolute Gasteiger partial charge is 0.308 e. The quantitative estimate of drug-likeness (QED) is 0.847. The van der Waals surface area contributed by atoms with Crippen molar-refractivity contribution in [1.29, 1.82) is 0 Å². The summed E-state index contributed by atoms with van der Waals surface area (Å²) in [7, 11) is -1.98. The van der Waals surface area contributed by atoms with Gasteiger partial charge >= 0.3 is 5.97 Å². The number of carboxylic acid groups (broad SMARTS) is 1. The van der Waals surface area contributed by atoms with Crippen LogP contribution in [0.25, 0.3) is 0 Å². The van der Waals surface area contributed by atoms with Gasteiger partial charge in [0, 0.05) is 25.3 Å². The Morgan fingerprint density at radius 2 is 2.21 bits per heavy atom. The van der Waals surface area contributed by atoms with Gasteiger partial charge in [0.2, 0.25) is 0 Å². The minimum atomic E-state index is -3.68. The fourth-order valence-electron chi connectivity index (χ4n) is 3.21. The largest absolute Gasteiger partial charge is 0.481 e. The van der Waals surface area contributed by atoms with Crippen LogP contribution in [-0.4, -0.2) is 45.4 Å². The fourth-order valence-corrected chi connectivity index (χ4v) is 5.10. The van der Waals surface area contributed by atoms with E-state index in [0.717, 1.165) is 6.42 Å².